The highest BCUT2D eigenvalue weighted by atomic mass is 19.4. The molecule has 1 unspecified atom stereocenters. The number of ketones is 1. The molecule has 0 saturated heterocycles. The Balaban J connectivity index is 2.51. The number of carbonyl (C=O) groups is 1. The van der Waals surface area contributed by atoms with Crippen LogP contribution < -0.4 is 0 Å². The van der Waals surface area contributed by atoms with Crippen LogP contribution in [-0.2, 0) is 10.9 Å². The van der Waals surface area contributed by atoms with Crippen LogP contribution in [0.1, 0.15) is 40.9 Å². The SMILES string of the molecule is CCC1OCC(=O)c2ccc(C(F)(F)F)cc21. The Labute approximate surface area is 96.4 Å². The van der Waals surface area contributed by atoms with Crippen molar-refractivity contribution >= 4 is 5.78 Å². The Morgan fingerprint density at radius 2 is 2.12 bits per heavy atom. The average molecular weight is 244 g/mol. The number of Topliss-reactive ketones (excluding diaryl/α,β-unsaturated/α-hetero) is 1. The lowest BCUT2D eigenvalue weighted by molar-refractivity contribution is -0.137. The number of alkyl halides is 3. The van der Waals surface area contributed by atoms with Crippen LogP contribution in [0, 0.1) is 0 Å². The Hall–Kier alpha value is -1.36. The van der Waals surface area contributed by atoms with Crippen LogP contribution >= 0.6 is 0 Å². The third-order valence-corrected chi connectivity index (χ3v) is 2.81. The molecule has 0 radical (unpaired) electrons. The molecule has 5 heteroatoms. The first-order valence-corrected chi connectivity index (χ1v) is 5.29. The first-order valence-electron chi connectivity index (χ1n) is 5.29. The second-order valence-electron chi connectivity index (χ2n) is 3.93. The molecule has 1 heterocycles. The van der Waals surface area contributed by atoms with Gasteiger partial charge in [0, 0.05) is 5.56 Å². The Morgan fingerprint density at radius 1 is 1.41 bits per heavy atom. The van der Waals surface area contributed by atoms with E-state index in [-0.39, 0.29) is 12.4 Å². The molecule has 1 aliphatic rings. The summed E-state index contributed by atoms with van der Waals surface area (Å²) in [5, 5.41) is 0. The zero-order chi connectivity index (χ0) is 12.6. The van der Waals surface area contributed by atoms with Crippen LogP contribution in [0.5, 0.6) is 0 Å². The quantitative estimate of drug-likeness (QED) is 0.757. The van der Waals surface area contributed by atoms with Gasteiger partial charge in [-0.05, 0) is 24.1 Å². The number of hydrogen-bond donors (Lipinski definition) is 0. The Bertz CT molecular complexity index is 452. The van der Waals surface area contributed by atoms with Crippen LogP contribution in [0.2, 0.25) is 0 Å². The summed E-state index contributed by atoms with van der Waals surface area (Å²) in [5.41, 5.74) is -0.0531. The summed E-state index contributed by atoms with van der Waals surface area (Å²) >= 11 is 0. The fraction of sp³-hybridized carbons (Fsp3) is 0.417. The van der Waals surface area contributed by atoms with Gasteiger partial charge in [0.25, 0.3) is 0 Å². The van der Waals surface area contributed by atoms with Gasteiger partial charge in [0.1, 0.15) is 6.61 Å². The number of fused-ring (bicyclic) bond motifs is 1. The molecule has 0 saturated carbocycles. The minimum absolute atomic E-state index is 0.0587. The molecule has 17 heavy (non-hydrogen) atoms. The van der Waals surface area contributed by atoms with Gasteiger partial charge in [0.2, 0.25) is 0 Å². The van der Waals surface area contributed by atoms with Crippen molar-refractivity contribution < 1.29 is 22.7 Å². The third kappa shape index (κ3) is 2.20. The number of rotatable bonds is 1. The van der Waals surface area contributed by atoms with Gasteiger partial charge in [-0.2, -0.15) is 13.2 Å². The number of ether oxygens (including phenoxy) is 1. The maximum Gasteiger partial charge on any atom is 0.416 e. The predicted octanol–water partition coefficient (Wildman–Crippen LogP) is 3.37. The summed E-state index contributed by atoms with van der Waals surface area (Å²) in [6.07, 6.45) is -4.28. The lowest BCUT2D eigenvalue weighted by atomic mass is 9.93. The largest absolute Gasteiger partial charge is 0.416 e. The fourth-order valence-corrected chi connectivity index (χ4v) is 1.94. The fourth-order valence-electron chi connectivity index (χ4n) is 1.94. The summed E-state index contributed by atoms with van der Waals surface area (Å²) in [7, 11) is 0. The van der Waals surface area contributed by atoms with Crippen molar-refractivity contribution in [1.82, 2.24) is 0 Å². The number of halogens is 3. The molecule has 0 N–H and O–H groups in total. The Kier molecular flexibility index (Phi) is 2.95. The van der Waals surface area contributed by atoms with Gasteiger partial charge in [-0.3, -0.25) is 4.79 Å². The lowest BCUT2D eigenvalue weighted by Gasteiger charge is -2.25. The molecule has 92 valence electrons. The maximum absolute atomic E-state index is 12.6. The van der Waals surface area contributed by atoms with Gasteiger partial charge in [-0.1, -0.05) is 13.0 Å². The maximum atomic E-state index is 12.6. The number of carbonyl (C=O) groups excluding carboxylic acids is 1. The predicted molar refractivity (Wildman–Crippen MR) is 54.8 cm³/mol. The number of benzene rings is 1. The molecule has 1 aromatic rings. The summed E-state index contributed by atoms with van der Waals surface area (Å²) in [4.78, 5) is 11.5. The van der Waals surface area contributed by atoms with Crippen molar-refractivity contribution in [3.8, 4) is 0 Å². The molecular formula is C12H11F3O2. The van der Waals surface area contributed by atoms with Crippen LogP contribution in [-0.4, -0.2) is 12.4 Å². The molecule has 2 rings (SSSR count). The van der Waals surface area contributed by atoms with Gasteiger partial charge < -0.3 is 4.74 Å². The van der Waals surface area contributed by atoms with Gasteiger partial charge in [-0.25, -0.2) is 0 Å². The zero-order valence-corrected chi connectivity index (χ0v) is 9.17. The van der Waals surface area contributed by atoms with E-state index in [9.17, 15) is 18.0 Å². The highest BCUT2D eigenvalue weighted by Crippen LogP contribution is 2.35. The third-order valence-electron chi connectivity index (χ3n) is 2.81. The molecule has 0 amide bonds. The Morgan fingerprint density at radius 3 is 2.71 bits per heavy atom. The van der Waals surface area contributed by atoms with Crippen LogP contribution in [0.4, 0.5) is 13.2 Å². The van der Waals surface area contributed by atoms with Crippen molar-refractivity contribution in [2.75, 3.05) is 6.61 Å². The molecule has 0 fully saturated rings. The van der Waals surface area contributed by atoms with E-state index in [0.29, 0.717) is 17.5 Å². The molecule has 1 aromatic carbocycles. The summed E-state index contributed by atoms with van der Waals surface area (Å²) in [6.45, 7) is 1.75. The first-order chi connectivity index (χ1) is 7.93. The molecular weight excluding hydrogens is 233 g/mol. The van der Waals surface area contributed by atoms with Crippen molar-refractivity contribution in [1.29, 1.82) is 0 Å². The molecule has 1 atom stereocenters. The van der Waals surface area contributed by atoms with Crippen molar-refractivity contribution in [3.63, 3.8) is 0 Å². The molecule has 0 bridgehead atoms. The van der Waals surface area contributed by atoms with E-state index in [0.717, 1.165) is 12.1 Å². The van der Waals surface area contributed by atoms with Crippen LogP contribution in [0.3, 0.4) is 0 Å². The topological polar surface area (TPSA) is 26.3 Å². The lowest BCUT2D eigenvalue weighted by Crippen LogP contribution is -2.23. The van der Waals surface area contributed by atoms with Gasteiger partial charge >= 0.3 is 6.18 Å². The molecule has 0 aliphatic carbocycles. The van der Waals surface area contributed by atoms with E-state index in [1.807, 2.05) is 6.92 Å². The van der Waals surface area contributed by atoms with E-state index in [2.05, 4.69) is 0 Å². The highest BCUT2D eigenvalue weighted by Gasteiger charge is 2.33. The van der Waals surface area contributed by atoms with E-state index in [1.165, 1.54) is 6.07 Å². The minimum atomic E-state index is -4.40. The van der Waals surface area contributed by atoms with E-state index >= 15 is 0 Å². The van der Waals surface area contributed by atoms with Crippen LogP contribution in [0.15, 0.2) is 18.2 Å². The number of hydrogen-bond acceptors (Lipinski definition) is 2. The average Bonchev–Trinajstić information content (AvgIpc) is 2.28. The summed E-state index contributed by atoms with van der Waals surface area (Å²) < 4.78 is 42.9. The monoisotopic (exact) mass is 244 g/mol. The van der Waals surface area contributed by atoms with E-state index in [1.54, 1.807) is 0 Å². The van der Waals surface area contributed by atoms with Crippen LogP contribution in [0.25, 0.3) is 0 Å². The normalized spacial score (nSPS) is 20.2. The standard InChI is InChI=1S/C12H11F3O2/c1-2-11-9-5-7(12(13,14)15)3-4-8(9)10(16)6-17-11/h3-5,11H,2,6H2,1H3. The van der Waals surface area contributed by atoms with E-state index in [4.69, 9.17) is 4.74 Å². The highest BCUT2D eigenvalue weighted by molar-refractivity contribution is 5.99. The van der Waals surface area contributed by atoms with Gasteiger partial charge in [0.15, 0.2) is 5.78 Å². The summed E-state index contributed by atoms with van der Waals surface area (Å²) in [5.74, 6) is -0.265. The summed E-state index contributed by atoms with van der Waals surface area (Å²) in [6, 6.07) is 3.20. The van der Waals surface area contributed by atoms with E-state index < -0.39 is 17.8 Å². The second kappa shape index (κ2) is 4.14. The first kappa shape index (κ1) is 12.1. The zero-order valence-electron chi connectivity index (χ0n) is 9.17. The van der Waals surface area contributed by atoms with Gasteiger partial charge in [0.05, 0.1) is 11.7 Å². The van der Waals surface area contributed by atoms with Gasteiger partial charge in [-0.15, -0.1) is 0 Å². The smallest absolute Gasteiger partial charge is 0.365 e. The van der Waals surface area contributed by atoms with Crippen molar-refractivity contribution in [2.24, 2.45) is 0 Å². The second-order valence-corrected chi connectivity index (χ2v) is 3.93. The molecule has 0 spiro atoms. The molecule has 1 aliphatic heterocycles. The van der Waals surface area contributed by atoms with Crippen molar-refractivity contribution in [2.45, 2.75) is 25.6 Å². The minimum Gasteiger partial charge on any atom is -0.365 e. The molecule has 2 nitrogen and oxygen atoms in total. The van der Waals surface area contributed by atoms with Crippen molar-refractivity contribution in [3.05, 3.63) is 34.9 Å². The molecule has 0 aromatic heterocycles.